The summed E-state index contributed by atoms with van der Waals surface area (Å²) in [6.07, 6.45) is 5.81. The third-order valence-corrected chi connectivity index (χ3v) is 4.53. The lowest BCUT2D eigenvalue weighted by Crippen LogP contribution is -2.43. The van der Waals surface area contributed by atoms with Gasteiger partial charge in [-0.15, -0.1) is 0 Å². The molecule has 2 heterocycles. The van der Waals surface area contributed by atoms with Crippen LogP contribution in [-0.2, 0) is 0 Å². The maximum absolute atomic E-state index is 12.8. The van der Waals surface area contributed by atoms with Crippen molar-refractivity contribution in [2.45, 2.75) is 45.1 Å². The van der Waals surface area contributed by atoms with E-state index in [4.69, 9.17) is 0 Å². The lowest BCUT2D eigenvalue weighted by Gasteiger charge is -2.36. The van der Waals surface area contributed by atoms with Crippen LogP contribution in [0.15, 0.2) is 18.2 Å². The number of hydrogen-bond donors (Lipinski definition) is 2. The number of likely N-dealkylation sites (tertiary alicyclic amines) is 1. The van der Waals surface area contributed by atoms with Gasteiger partial charge in [-0.3, -0.25) is 4.79 Å². The minimum absolute atomic E-state index is 0.198. The summed E-state index contributed by atoms with van der Waals surface area (Å²) in [5.41, 5.74) is 2.96. The van der Waals surface area contributed by atoms with Gasteiger partial charge >= 0.3 is 0 Å². The Morgan fingerprint density at radius 2 is 2.05 bits per heavy atom. The average molecular weight is 287 g/mol. The Morgan fingerprint density at radius 1 is 1.24 bits per heavy atom. The molecule has 2 aliphatic rings. The predicted molar refractivity (Wildman–Crippen MR) is 87.0 cm³/mol. The third-order valence-electron chi connectivity index (χ3n) is 4.53. The molecule has 0 spiro atoms. The summed E-state index contributed by atoms with van der Waals surface area (Å²) < 4.78 is 0. The van der Waals surface area contributed by atoms with Crippen LogP contribution in [0.1, 0.15) is 49.4 Å². The second-order valence-corrected chi connectivity index (χ2v) is 6.05. The summed E-state index contributed by atoms with van der Waals surface area (Å²) in [5.74, 6) is 0.198. The number of amides is 1. The molecular formula is C17H25N3O. The number of fused-ring (bicyclic) bond motifs is 1. The van der Waals surface area contributed by atoms with E-state index in [1.54, 1.807) is 0 Å². The van der Waals surface area contributed by atoms with Gasteiger partial charge in [0, 0.05) is 31.2 Å². The Labute approximate surface area is 126 Å². The second kappa shape index (κ2) is 6.37. The van der Waals surface area contributed by atoms with Gasteiger partial charge in [-0.1, -0.05) is 13.3 Å². The molecule has 1 unspecified atom stereocenters. The quantitative estimate of drug-likeness (QED) is 0.896. The molecule has 4 nitrogen and oxygen atoms in total. The molecule has 0 aliphatic carbocycles. The minimum atomic E-state index is 0.198. The van der Waals surface area contributed by atoms with E-state index in [2.05, 4.69) is 22.5 Å². The average Bonchev–Trinajstić information content (AvgIpc) is 2.54. The molecule has 0 aromatic heterocycles. The lowest BCUT2D eigenvalue weighted by molar-refractivity contribution is 0.0601. The number of nitrogens with one attached hydrogen (secondary N) is 2. The van der Waals surface area contributed by atoms with Gasteiger partial charge in [-0.25, -0.2) is 0 Å². The highest BCUT2D eigenvalue weighted by molar-refractivity contribution is 5.96. The first-order chi connectivity index (χ1) is 10.3. The molecule has 0 saturated carbocycles. The largest absolute Gasteiger partial charge is 0.382 e. The molecule has 1 saturated heterocycles. The number of carbonyl (C=O) groups excluding carboxylic acids is 1. The van der Waals surface area contributed by atoms with Gasteiger partial charge in [-0.05, 0) is 43.9 Å². The molecule has 2 aliphatic heterocycles. The van der Waals surface area contributed by atoms with E-state index in [9.17, 15) is 4.79 Å². The number of hydrogen-bond acceptors (Lipinski definition) is 3. The Hall–Kier alpha value is -1.71. The topological polar surface area (TPSA) is 44.4 Å². The van der Waals surface area contributed by atoms with Crippen molar-refractivity contribution >= 4 is 17.3 Å². The van der Waals surface area contributed by atoms with Crippen molar-refractivity contribution in [3.8, 4) is 0 Å². The van der Waals surface area contributed by atoms with Gasteiger partial charge in [0.05, 0.1) is 11.4 Å². The summed E-state index contributed by atoms with van der Waals surface area (Å²) in [6, 6.07) is 6.41. The Balaban J connectivity index is 1.80. The molecule has 1 aromatic rings. The van der Waals surface area contributed by atoms with Gasteiger partial charge in [0.2, 0.25) is 0 Å². The Morgan fingerprint density at radius 3 is 2.86 bits per heavy atom. The van der Waals surface area contributed by atoms with Crippen LogP contribution in [0.4, 0.5) is 11.4 Å². The molecule has 1 fully saturated rings. The van der Waals surface area contributed by atoms with Crippen molar-refractivity contribution in [3.05, 3.63) is 23.8 Å². The lowest BCUT2D eigenvalue weighted by atomic mass is 9.97. The molecule has 0 radical (unpaired) electrons. The molecule has 114 valence electrons. The second-order valence-electron chi connectivity index (χ2n) is 6.05. The summed E-state index contributed by atoms with van der Waals surface area (Å²) in [6.45, 7) is 4.95. The van der Waals surface area contributed by atoms with Crippen LogP contribution < -0.4 is 10.6 Å². The molecule has 1 atom stereocenters. The number of anilines is 2. The number of benzene rings is 1. The minimum Gasteiger partial charge on any atom is -0.382 e. The number of carbonyl (C=O) groups is 1. The van der Waals surface area contributed by atoms with E-state index in [0.29, 0.717) is 6.04 Å². The molecule has 1 aromatic carbocycles. The Bertz CT molecular complexity index is 513. The standard InChI is InChI=1S/C17H25N3O/c1-2-5-14-6-3-4-11-20(14)17(21)13-7-8-15-16(12-13)19-10-9-18-15/h7-8,12,14,18-19H,2-6,9-11H2,1H3. The van der Waals surface area contributed by atoms with Crippen LogP contribution in [0.5, 0.6) is 0 Å². The molecule has 21 heavy (non-hydrogen) atoms. The first kappa shape index (κ1) is 14.2. The first-order valence-electron chi connectivity index (χ1n) is 8.22. The van der Waals surface area contributed by atoms with Crippen LogP contribution in [0, 0.1) is 0 Å². The van der Waals surface area contributed by atoms with Crippen molar-refractivity contribution in [1.29, 1.82) is 0 Å². The molecule has 3 rings (SSSR count). The maximum Gasteiger partial charge on any atom is 0.254 e. The fraction of sp³-hybridized carbons (Fsp3) is 0.588. The summed E-state index contributed by atoms with van der Waals surface area (Å²) >= 11 is 0. The van der Waals surface area contributed by atoms with E-state index in [-0.39, 0.29) is 5.91 Å². The van der Waals surface area contributed by atoms with Crippen molar-refractivity contribution < 1.29 is 4.79 Å². The SMILES string of the molecule is CCCC1CCCCN1C(=O)c1ccc2c(c1)NCCN2. The van der Waals surface area contributed by atoms with Gasteiger partial charge in [0.1, 0.15) is 0 Å². The van der Waals surface area contributed by atoms with E-state index in [1.165, 1.54) is 6.42 Å². The van der Waals surface area contributed by atoms with Gasteiger partial charge in [0.25, 0.3) is 5.91 Å². The number of nitrogens with zero attached hydrogens (tertiary/aromatic N) is 1. The van der Waals surface area contributed by atoms with Crippen molar-refractivity contribution in [3.63, 3.8) is 0 Å². The molecular weight excluding hydrogens is 262 g/mol. The van der Waals surface area contributed by atoms with Crippen LogP contribution in [0.25, 0.3) is 0 Å². The summed E-state index contributed by atoms with van der Waals surface area (Å²) in [4.78, 5) is 15.0. The van der Waals surface area contributed by atoms with Crippen molar-refractivity contribution in [2.75, 3.05) is 30.3 Å². The first-order valence-corrected chi connectivity index (χ1v) is 8.22. The smallest absolute Gasteiger partial charge is 0.254 e. The van der Waals surface area contributed by atoms with E-state index >= 15 is 0 Å². The highest BCUT2D eigenvalue weighted by Gasteiger charge is 2.27. The molecule has 0 bridgehead atoms. The number of piperidine rings is 1. The number of rotatable bonds is 3. The molecule has 1 amide bonds. The fourth-order valence-corrected chi connectivity index (χ4v) is 3.44. The highest BCUT2D eigenvalue weighted by atomic mass is 16.2. The summed E-state index contributed by atoms with van der Waals surface area (Å²) in [5, 5.41) is 6.71. The van der Waals surface area contributed by atoms with E-state index in [0.717, 1.165) is 62.3 Å². The monoisotopic (exact) mass is 287 g/mol. The molecule has 4 heteroatoms. The normalized spacial score (nSPS) is 21.2. The zero-order valence-electron chi connectivity index (χ0n) is 12.8. The highest BCUT2D eigenvalue weighted by Crippen LogP contribution is 2.28. The fourth-order valence-electron chi connectivity index (χ4n) is 3.44. The summed E-state index contributed by atoms with van der Waals surface area (Å²) in [7, 11) is 0. The van der Waals surface area contributed by atoms with Crippen LogP contribution in [0.2, 0.25) is 0 Å². The van der Waals surface area contributed by atoms with Crippen LogP contribution >= 0.6 is 0 Å². The predicted octanol–water partition coefficient (Wildman–Crippen LogP) is 3.32. The van der Waals surface area contributed by atoms with Crippen LogP contribution in [0.3, 0.4) is 0 Å². The van der Waals surface area contributed by atoms with E-state index < -0.39 is 0 Å². The zero-order chi connectivity index (χ0) is 14.7. The van der Waals surface area contributed by atoms with Gasteiger partial charge in [0.15, 0.2) is 0 Å². The van der Waals surface area contributed by atoms with E-state index in [1.807, 2.05) is 18.2 Å². The third kappa shape index (κ3) is 2.99. The maximum atomic E-state index is 12.8. The van der Waals surface area contributed by atoms with Gasteiger partial charge < -0.3 is 15.5 Å². The molecule has 2 N–H and O–H groups in total. The zero-order valence-corrected chi connectivity index (χ0v) is 12.8. The van der Waals surface area contributed by atoms with Crippen molar-refractivity contribution in [1.82, 2.24) is 4.90 Å². The Kier molecular flexibility index (Phi) is 4.32. The van der Waals surface area contributed by atoms with Crippen molar-refractivity contribution in [2.24, 2.45) is 0 Å². The van der Waals surface area contributed by atoms with Gasteiger partial charge in [-0.2, -0.15) is 0 Å². The van der Waals surface area contributed by atoms with Crippen LogP contribution in [-0.4, -0.2) is 36.5 Å².